The Hall–Kier alpha value is -0.558. The van der Waals surface area contributed by atoms with E-state index in [0.29, 0.717) is 5.15 Å². The summed E-state index contributed by atoms with van der Waals surface area (Å²) in [5.74, 6) is 0. The van der Waals surface area contributed by atoms with Gasteiger partial charge in [0.1, 0.15) is 11.8 Å². The molecule has 0 bridgehead atoms. The molecule has 0 amide bonds. The molecule has 0 N–H and O–H groups in total. The second kappa shape index (κ2) is 2.49. The van der Waals surface area contributed by atoms with Crippen molar-refractivity contribution in [3.05, 3.63) is 23.7 Å². The highest BCUT2D eigenvalue weighted by Gasteiger charge is 1.99. The molecule has 2 aromatic heterocycles. The van der Waals surface area contributed by atoms with Gasteiger partial charge in [-0.15, -0.1) is 4.43 Å². The van der Waals surface area contributed by atoms with Crippen molar-refractivity contribution in [1.29, 1.82) is 0 Å². The molecule has 2 heterocycles. The van der Waals surface area contributed by atoms with Crippen LogP contribution < -0.4 is 4.43 Å². The van der Waals surface area contributed by atoms with Crippen molar-refractivity contribution in [3.8, 4) is 0 Å². The highest BCUT2D eigenvalue weighted by Crippen LogP contribution is 2.10. The number of aromatic nitrogens is 3. The molecule has 0 spiro atoms. The molecule has 0 aliphatic rings. The second-order valence-corrected chi connectivity index (χ2v) is 3.18. The third kappa shape index (κ3) is 1.14. The van der Waals surface area contributed by atoms with E-state index in [4.69, 9.17) is 11.6 Å². The molecule has 0 saturated heterocycles. The molecule has 0 fully saturated rings. The molecule has 0 aliphatic heterocycles. The molecule has 0 aliphatic carbocycles. The zero-order valence-corrected chi connectivity index (χ0v) is 7.44. The third-order valence-corrected chi connectivity index (χ3v) is 1.99. The van der Waals surface area contributed by atoms with Crippen LogP contribution >= 0.6 is 11.6 Å². The number of halogens is 1. The maximum absolute atomic E-state index is 5.79. The molecule has 2 radical (unpaired) electrons. The van der Waals surface area contributed by atoms with Gasteiger partial charge in [-0.1, -0.05) is 11.6 Å². The molecule has 2 rings (SSSR count). The summed E-state index contributed by atoms with van der Waals surface area (Å²) in [6, 6.07) is 1.91. The predicted octanol–water partition coefficient (Wildman–Crippen LogP) is 0.176. The molecule has 0 saturated carbocycles. The fraction of sp³-hybridized carbons (Fsp3) is 0. The van der Waals surface area contributed by atoms with Crippen LogP contribution in [0.15, 0.2) is 18.6 Å². The highest BCUT2D eigenvalue weighted by atomic mass is 35.5. The SMILES string of the molecule is [Al][c]1cc2c(Cl)ncnn2c1. The van der Waals surface area contributed by atoms with Gasteiger partial charge in [-0.3, -0.25) is 0 Å². The Kier molecular flexibility index (Phi) is 1.61. The standard InChI is InChI=1S/C6H3ClN3.Al/c7-6-5-2-1-3-10(5)9-4-8-6;/h2-4H;. The number of hydrogen-bond donors (Lipinski definition) is 0. The van der Waals surface area contributed by atoms with Gasteiger partial charge in [0.05, 0.1) is 0 Å². The van der Waals surface area contributed by atoms with E-state index in [-0.39, 0.29) is 0 Å². The Balaban J connectivity index is 2.90. The van der Waals surface area contributed by atoms with Crippen LogP contribution in [0.1, 0.15) is 0 Å². The van der Waals surface area contributed by atoms with Crippen LogP contribution in [0.2, 0.25) is 5.15 Å². The first kappa shape index (κ1) is 7.11. The largest absolute Gasteiger partial charge is 0.238 e. The number of hydrogen-bond acceptors (Lipinski definition) is 2. The molecule has 3 nitrogen and oxygen atoms in total. The van der Waals surface area contributed by atoms with Gasteiger partial charge in [-0.2, -0.15) is 5.10 Å². The summed E-state index contributed by atoms with van der Waals surface area (Å²) in [6.45, 7) is 0. The molecule has 0 aromatic carbocycles. The van der Waals surface area contributed by atoms with E-state index >= 15 is 0 Å². The summed E-state index contributed by atoms with van der Waals surface area (Å²) in [4.78, 5) is 3.84. The third-order valence-electron chi connectivity index (χ3n) is 1.38. The summed E-state index contributed by atoms with van der Waals surface area (Å²) in [7, 11) is 0. The maximum atomic E-state index is 5.79. The first-order valence-electron chi connectivity index (χ1n) is 3.02. The Bertz CT molecular complexity index is 398. The van der Waals surface area contributed by atoms with Crippen LogP contribution in [0.3, 0.4) is 0 Å². The van der Waals surface area contributed by atoms with Crippen molar-refractivity contribution in [2.24, 2.45) is 0 Å². The minimum absolute atomic E-state index is 0.480. The monoisotopic (exact) mass is 179 g/mol. The topological polar surface area (TPSA) is 30.2 Å². The minimum Gasteiger partial charge on any atom is -0.238 e. The van der Waals surface area contributed by atoms with Crippen molar-refractivity contribution >= 4 is 37.8 Å². The fourth-order valence-electron chi connectivity index (χ4n) is 0.920. The molecule has 0 unspecified atom stereocenters. The van der Waals surface area contributed by atoms with Gasteiger partial charge in [-0.05, 0) is 6.07 Å². The summed E-state index contributed by atoms with van der Waals surface area (Å²) < 4.78 is 2.74. The normalized spacial score (nSPS) is 10.6. The van der Waals surface area contributed by atoms with Gasteiger partial charge >= 0.3 is 0 Å². The van der Waals surface area contributed by atoms with Crippen LogP contribution in [0.4, 0.5) is 0 Å². The Morgan fingerprint density at radius 2 is 2.36 bits per heavy atom. The summed E-state index contributed by atoms with van der Waals surface area (Å²) in [5.41, 5.74) is 0.833. The second-order valence-electron chi connectivity index (χ2n) is 2.15. The predicted molar refractivity (Wildman–Crippen MR) is 43.4 cm³/mol. The molecule has 2 aromatic rings. The number of fused-ring (bicyclic) bond motifs is 1. The van der Waals surface area contributed by atoms with Gasteiger partial charge in [0, 0.05) is 6.20 Å². The summed E-state index contributed by atoms with van der Waals surface area (Å²) >= 11 is 8.37. The number of nitrogens with zero attached hydrogens (tertiary/aromatic N) is 3. The maximum Gasteiger partial charge on any atom is 0.178 e. The van der Waals surface area contributed by atoms with E-state index in [0.717, 1.165) is 9.94 Å². The van der Waals surface area contributed by atoms with Crippen LogP contribution in [-0.2, 0) is 0 Å². The lowest BCUT2D eigenvalue weighted by Crippen LogP contribution is -1.95. The van der Waals surface area contributed by atoms with Gasteiger partial charge in [0.2, 0.25) is 0 Å². The summed E-state index contributed by atoms with van der Waals surface area (Å²) in [6.07, 6.45) is 3.30. The zero-order chi connectivity index (χ0) is 7.84. The Labute approximate surface area is 76.4 Å². The fourth-order valence-corrected chi connectivity index (χ4v) is 1.40. The van der Waals surface area contributed by atoms with Gasteiger partial charge in [0.25, 0.3) is 0 Å². The first-order chi connectivity index (χ1) is 5.27. The average Bonchev–Trinajstić information content (AvgIpc) is 2.31. The van der Waals surface area contributed by atoms with Crippen LogP contribution in [0.5, 0.6) is 0 Å². The van der Waals surface area contributed by atoms with Crippen molar-refractivity contribution in [2.45, 2.75) is 0 Å². The van der Waals surface area contributed by atoms with Crippen molar-refractivity contribution < 1.29 is 0 Å². The first-order valence-corrected chi connectivity index (χ1v) is 3.97. The summed E-state index contributed by atoms with van der Waals surface area (Å²) in [5, 5.41) is 4.45. The van der Waals surface area contributed by atoms with E-state index in [1.165, 1.54) is 6.33 Å². The smallest absolute Gasteiger partial charge is 0.178 e. The van der Waals surface area contributed by atoms with Crippen LogP contribution in [0.25, 0.3) is 5.52 Å². The number of rotatable bonds is 0. The van der Waals surface area contributed by atoms with E-state index in [2.05, 4.69) is 26.4 Å². The molecule has 0 atom stereocenters. The lowest BCUT2D eigenvalue weighted by Gasteiger charge is -1.91. The molecule has 5 heteroatoms. The zero-order valence-electron chi connectivity index (χ0n) is 5.53. The molecular weight excluding hydrogens is 177 g/mol. The Morgan fingerprint density at radius 3 is 3.09 bits per heavy atom. The Morgan fingerprint density at radius 1 is 1.55 bits per heavy atom. The molecule has 52 valence electrons. The van der Waals surface area contributed by atoms with Crippen molar-refractivity contribution in [3.63, 3.8) is 0 Å². The average molecular weight is 180 g/mol. The van der Waals surface area contributed by atoms with E-state index in [1.54, 1.807) is 4.52 Å². The van der Waals surface area contributed by atoms with Crippen molar-refractivity contribution in [1.82, 2.24) is 14.6 Å². The molecule has 11 heavy (non-hydrogen) atoms. The van der Waals surface area contributed by atoms with Crippen molar-refractivity contribution in [2.75, 3.05) is 0 Å². The lowest BCUT2D eigenvalue weighted by atomic mass is 10.5. The van der Waals surface area contributed by atoms with E-state index in [1.807, 2.05) is 12.3 Å². The lowest BCUT2D eigenvalue weighted by molar-refractivity contribution is 0.905. The van der Waals surface area contributed by atoms with E-state index in [9.17, 15) is 0 Å². The quantitative estimate of drug-likeness (QED) is 0.540. The minimum atomic E-state index is 0.480. The van der Waals surface area contributed by atoms with Crippen LogP contribution in [0, 0.1) is 0 Å². The van der Waals surface area contributed by atoms with Crippen LogP contribution in [-0.4, -0.2) is 30.9 Å². The van der Waals surface area contributed by atoms with Gasteiger partial charge in [-0.25, -0.2) is 9.50 Å². The van der Waals surface area contributed by atoms with E-state index < -0.39 is 0 Å². The molecular formula is C6H3AlClN3. The van der Waals surface area contributed by atoms with Gasteiger partial charge in [0.15, 0.2) is 21.4 Å². The highest BCUT2D eigenvalue weighted by molar-refractivity contribution is 6.35. The van der Waals surface area contributed by atoms with Gasteiger partial charge < -0.3 is 0 Å².